The highest BCUT2D eigenvalue weighted by Crippen LogP contribution is 2.35. The third kappa shape index (κ3) is 3.23. The van der Waals surface area contributed by atoms with Crippen LogP contribution in [-0.4, -0.2) is 0 Å². The van der Waals surface area contributed by atoms with Crippen LogP contribution in [0.1, 0.15) is 16.7 Å². The highest BCUT2D eigenvalue weighted by molar-refractivity contribution is 5.50. The molecule has 0 aliphatic rings. The van der Waals surface area contributed by atoms with Gasteiger partial charge in [-0.25, -0.2) is 0 Å². The fourth-order valence-electron chi connectivity index (χ4n) is 1.76. The maximum absolute atomic E-state index is 12.7. The summed E-state index contributed by atoms with van der Waals surface area (Å²) in [7, 11) is 0. The molecule has 20 heavy (non-hydrogen) atoms. The van der Waals surface area contributed by atoms with E-state index in [1.807, 2.05) is 19.9 Å². The minimum atomic E-state index is -4.45. The maximum Gasteiger partial charge on any atom is 0.416 e. The van der Waals surface area contributed by atoms with Crippen molar-refractivity contribution in [2.45, 2.75) is 20.0 Å². The first kappa shape index (κ1) is 14.2. The van der Waals surface area contributed by atoms with Crippen molar-refractivity contribution in [3.05, 3.63) is 53.1 Å². The summed E-state index contributed by atoms with van der Waals surface area (Å²) in [5.41, 5.74) is 6.76. The van der Waals surface area contributed by atoms with Crippen LogP contribution in [0.4, 0.5) is 18.9 Å². The zero-order valence-corrected chi connectivity index (χ0v) is 11.1. The molecular weight excluding hydrogens is 267 g/mol. The van der Waals surface area contributed by atoms with Gasteiger partial charge >= 0.3 is 6.18 Å². The van der Waals surface area contributed by atoms with Gasteiger partial charge in [0.1, 0.15) is 11.5 Å². The number of alkyl halides is 3. The number of nitrogens with two attached hydrogens (primary N) is 1. The fraction of sp³-hybridized carbons (Fsp3) is 0.200. The molecule has 2 rings (SSSR count). The van der Waals surface area contributed by atoms with E-state index in [1.165, 1.54) is 6.07 Å². The van der Waals surface area contributed by atoms with Gasteiger partial charge in [-0.3, -0.25) is 0 Å². The number of benzene rings is 2. The molecule has 5 heteroatoms. The summed E-state index contributed by atoms with van der Waals surface area (Å²) in [6, 6.07) is 8.51. The van der Waals surface area contributed by atoms with Gasteiger partial charge in [-0.2, -0.15) is 13.2 Å². The van der Waals surface area contributed by atoms with Crippen molar-refractivity contribution in [3.8, 4) is 11.5 Å². The number of halogens is 3. The largest absolute Gasteiger partial charge is 0.457 e. The lowest BCUT2D eigenvalue weighted by atomic mass is 10.1. The Hall–Kier alpha value is -2.17. The number of aryl methyl sites for hydroxylation is 2. The number of anilines is 1. The first-order chi connectivity index (χ1) is 9.25. The van der Waals surface area contributed by atoms with Crippen molar-refractivity contribution in [1.82, 2.24) is 0 Å². The zero-order chi connectivity index (χ0) is 14.9. The van der Waals surface area contributed by atoms with Crippen molar-refractivity contribution < 1.29 is 17.9 Å². The highest BCUT2D eigenvalue weighted by atomic mass is 19.4. The number of rotatable bonds is 2. The second-order valence-electron chi connectivity index (χ2n) is 4.64. The molecular formula is C15H14F3NO. The summed E-state index contributed by atoms with van der Waals surface area (Å²) >= 11 is 0. The monoisotopic (exact) mass is 281 g/mol. The summed E-state index contributed by atoms with van der Waals surface area (Å²) in [5.74, 6) is 0.549. The van der Waals surface area contributed by atoms with Gasteiger partial charge in [-0.1, -0.05) is 6.07 Å². The van der Waals surface area contributed by atoms with E-state index in [-0.39, 0.29) is 11.4 Å². The molecule has 0 radical (unpaired) electrons. The van der Waals surface area contributed by atoms with Gasteiger partial charge in [0.2, 0.25) is 0 Å². The summed E-state index contributed by atoms with van der Waals surface area (Å²) in [6.45, 7) is 3.85. The van der Waals surface area contributed by atoms with Crippen LogP contribution in [0.3, 0.4) is 0 Å². The van der Waals surface area contributed by atoms with E-state index in [4.69, 9.17) is 10.5 Å². The molecule has 0 aliphatic heterocycles. The third-order valence-corrected chi connectivity index (χ3v) is 2.97. The Morgan fingerprint density at radius 2 is 1.60 bits per heavy atom. The number of hydrogen-bond acceptors (Lipinski definition) is 2. The smallest absolute Gasteiger partial charge is 0.416 e. The molecule has 0 saturated heterocycles. The Labute approximate surface area is 115 Å². The Kier molecular flexibility index (Phi) is 3.61. The van der Waals surface area contributed by atoms with Gasteiger partial charge < -0.3 is 10.5 Å². The Morgan fingerprint density at radius 3 is 2.20 bits per heavy atom. The van der Waals surface area contributed by atoms with Crippen molar-refractivity contribution in [2.24, 2.45) is 0 Å². The average Bonchev–Trinajstić information content (AvgIpc) is 2.32. The molecule has 0 unspecified atom stereocenters. The number of hydrogen-bond donors (Lipinski definition) is 1. The topological polar surface area (TPSA) is 35.2 Å². The molecule has 2 aromatic carbocycles. The van der Waals surface area contributed by atoms with Gasteiger partial charge in [0.05, 0.1) is 5.56 Å². The van der Waals surface area contributed by atoms with Gasteiger partial charge in [-0.15, -0.1) is 0 Å². The molecule has 2 N–H and O–H groups in total. The molecule has 0 fully saturated rings. The van der Waals surface area contributed by atoms with Crippen LogP contribution in [0.15, 0.2) is 36.4 Å². The summed E-state index contributed by atoms with van der Waals surface area (Å²) in [5, 5.41) is 0. The van der Waals surface area contributed by atoms with Crippen molar-refractivity contribution in [2.75, 3.05) is 5.73 Å². The quantitative estimate of drug-likeness (QED) is 0.810. The van der Waals surface area contributed by atoms with Crippen molar-refractivity contribution in [3.63, 3.8) is 0 Å². The first-order valence-corrected chi connectivity index (χ1v) is 5.98. The molecule has 0 saturated carbocycles. The minimum Gasteiger partial charge on any atom is -0.457 e. The lowest BCUT2D eigenvalue weighted by Crippen LogP contribution is -2.06. The molecule has 0 aromatic heterocycles. The van der Waals surface area contributed by atoms with Crippen molar-refractivity contribution >= 4 is 5.69 Å². The second kappa shape index (κ2) is 5.07. The highest BCUT2D eigenvalue weighted by Gasteiger charge is 2.31. The van der Waals surface area contributed by atoms with Crippen LogP contribution in [0, 0.1) is 13.8 Å². The van der Waals surface area contributed by atoms with E-state index < -0.39 is 11.7 Å². The van der Waals surface area contributed by atoms with E-state index in [2.05, 4.69) is 0 Å². The van der Waals surface area contributed by atoms with E-state index >= 15 is 0 Å². The van der Waals surface area contributed by atoms with Crippen LogP contribution in [0.5, 0.6) is 11.5 Å². The van der Waals surface area contributed by atoms with Crippen LogP contribution in [-0.2, 0) is 6.18 Å². The molecule has 2 aromatic rings. The minimum absolute atomic E-state index is 0.0126. The van der Waals surface area contributed by atoms with Crippen LogP contribution < -0.4 is 10.5 Å². The van der Waals surface area contributed by atoms with Crippen LogP contribution in [0.2, 0.25) is 0 Å². The Bertz CT molecular complexity index is 636. The van der Waals surface area contributed by atoms with Gasteiger partial charge in [-0.05, 0) is 49.2 Å². The predicted molar refractivity (Wildman–Crippen MR) is 71.8 cm³/mol. The third-order valence-electron chi connectivity index (χ3n) is 2.97. The molecule has 0 spiro atoms. The maximum atomic E-state index is 12.7. The average molecular weight is 281 g/mol. The normalized spacial score (nSPS) is 11.4. The van der Waals surface area contributed by atoms with Gasteiger partial charge in [0, 0.05) is 11.8 Å². The summed E-state index contributed by atoms with van der Waals surface area (Å²) in [6.07, 6.45) is -4.45. The molecule has 0 bridgehead atoms. The zero-order valence-electron chi connectivity index (χ0n) is 11.1. The lowest BCUT2D eigenvalue weighted by molar-refractivity contribution is -0.137. The molecule has 2 nitrogen and oxygen atoms in total. The Morgan fingerprint density at radius 1 is 0.900 bits per heavy atom. The summed E-state index contributed by atoms with van der Waals surface area (Å²) in [4.78, 5) is 0. The SMILES string of the molecule is Cc1ccc(Oc2cc(N)cc(C(F)(F)F)c2)cc1C. The molecule has 0 atom stereocenters. The molecule has 0 aliphatic carbocycles. The second-order valence-corrected chi connectivity index (χ2v) is 4.64. The van der Waals surface area contributed by atoms with Crippen molar-refractivity contribution in [1.29, 1.82) is 0 Å². The molecule has 106 valence electrons. The summed E-state index contributed by atoms with van der Waals surface area (Å²) < 4.78 is 43.5. The lowest BCUT2D eigenvalue weighted by Gasteiger charge is -2.12. The first-order valence-electron chi connectivity index (χ1n) is 5.98. The predicted octanol–water partition coefficient (Wildman–Crippen LogP) is 4.70. The van der Waals surface area contributed by atoms with E-state index in [0.717, 1.165) is 23.3 Å². The van der Waals surface area contributed by atoms with E-state index in [1.54, 1.807) is 12.1 Å². The van der Waals surface area contributed by atoms with Gasteiger partial charge in [0.15, 0.2) is 0 Å². The fourth-order valence-corrected chi connectivity index (χ4v) is 1.76. The molecule has 0 heterocycles. The van der Waals surface area contributed by atoms with E-state index in [9.17, 15) is 13.2 Å². The van der Waals surface area contributed by atoms with E-state index in [0.29, 0.717) is 5.75 Å². The van der Waals surface area contributed by atoms with Crippen LogP contribution in [0.25, 0.3) is 0 Å². The number of nitrogen functional groups attached to an aromatic ring is 1. The van der Waals surface area contributed by atoms with Gasteiger partial charge in [0.25, 0.3) is 0 Å². The standard InChI is InChI=1S/C15H14F3NO/c1-9-3-4-13(5-10(9)2)20-14-7-11(15(16,17)18)6-12(19)8-14/h3-8H,19H2,1-2H3. The molecule has 0 amide bonds. The Balaban J connectivity index is 2.33. The van der Waals surface area contributed by atoms with Crippen LogP contribution >= 0.6 is 0 Å². The number of ether oxygens (including phenoxy) is 1.